The maximum absolute atomic E-state index is 13.4. The van der Waals surface area contributed by atoms with Crippen LogP contribution in [0.3, 0.4) is 0 Å². The summed E-state index contributed by atoms with van der Waals surface area (Å²) in [4.78, 5) is 66.4. The number of halogens is 3. The second kappa shape index (κ2) is 13.1. The van der Waals surface area contributed by atoms with Crippen LogP contribution in [0.25, 0.3) is 0 Å². The molecule has 7 rings (SSSR count). The van der Waals surface area contributed by atoms with Gasteiger partial charge in [0.15, 0.2) is 0 Å². The van der Waals surface area contributed by atoms with Crippen LogP contribution >= 0.6 is 0 Å². The van der Waals surface area contributed by atoms with Crippen LogP contribution in [-0.4, -0.2) is 83.2 Å². The number of aromatic nitrogens is 2. The summed E-state index contributed by atoms with van der Waals surface area (Å²) in [6.45, 7) is 5.39. The number of imide groups is 2. The predicted molar refractivity (Wildman–Crippen MR) is 177 cm³/mol. The average molecular weight is 719 g/mol. The van der Waals surface area contributed by atoms with E-state index in [1.807, 2.05) is 4.90 Å². The van der Waals surface area contributed by atoms with E-state index < -0.39 is 52.9 Å². The molecule has 0 spiro atoms. The monoisotopic (exact) mass is 718 g/mol. The van der Waals surface area contributed by atoms with Gasteiger partial charge in [-0.05, 0) is 56.7 Å². The number of fused-ring (bicyclic) bond motifs is 1. The van der Waals surface area contributed by atoms with Crippen molar-refractivity contribution >= 4 is 40.9 Å². The minimum absolute atomic E-state index is 0.0187. The Balaban J connectivity index is 0.971. The summed E-state index contributed by atoms with van der Waals surface area (Å²) in [5.74, 6) is 3.43. The van der Waals surface area contributed by atoms with Crippen molar-refractivity contribution in [2.24, 2.45) is 11.8 Å². The molecule has 2 N–H and O–H groups in total. The van der Waals surface area contributed by atoms with Crippen LogP contribution in [0.4, 0.5) is 24.5 Å². The zero-order valence-electron chi connectivity index (χ0n) is 28.1. The number of amides is 5. The zero-order valence-corrected chi connectivity index (χ0v) is 28.1. The summed E-state index contributed by atoms with van der Waals surface area (Å²) in [5.41, 5.74) is -0.373. The van der Waals surface area contributed by atoms with E-state index >= 15 is 0 Å². The molecule has 0 bridgehead atoms. The van der Waals surface area contributed by atoms with Crippen molar-refractivity contribution < 1.29 is 46.6 Å². The van der Waals surface area contributed by atoms with E-state index in [1.54, 1.807) is 38.2 Å². The fraction of sp³-hybridized carbons (Fsp3) is 0.389. The van der Waals surface area contributed by atoms with Gasteiger partial charge in [0.2, 0.25) is 11.8 Å². The fourth-order valence-electron chi connectivity index (χ4n) is 6.20. The Kier molecular flexibility index (Phi) is 8.77. The Morgan fingerprint density at radius 1 is 1.06 bits per heavy atom. The van der Waals surface area contributed by atoms with Crippen LogP contribution in [0.5, 0.6) is 5.75 Å². The Morgan fingerprint density at radius 3 is 2.50 bits per heavy atom. The maximum atomic E-state index is 13.4. The minimum Gasteiger partial charge on any atom is -0.491 e. The van der Waals surface area contributed by atoms with Gasteiger partial charge in [-0.1, -0.05) is 11.8 Å². The summed E-state index contributed by atoms with van der Waals surface area (Å²) in [6, 6.07) is 6.82. The number of anilines is 2. The van der Waals surface area contributed by atoms with Gasteiger partial charge < -0.3 is 19.7 Å². The zero-order chi connectivity index (χ0) is 36.9. The first-order chi connectivity index (χ1) is 24.7. The first-order valence-electron chi connectivity index (χ1n) is 16.6. The van der Waals surface area contributed by atoms with Crippen LogP contribution in [-0.2, 0) is 30.8 Å². The molecular formula is C36H33F3N6O7. The number of carbonyl (C=O) groups excluding carboxylic acids is 5. The molecule has 2 aromatic carbocycles. The maximum Gasteiger partial charge on any atom is 0.416 e. The molecule has 0 aliphatic carbocycles. The number of alkyl halides is 3. The van der Waals surface area contributed by atoms with Gasteiger partial charge in [-0.2, -0.15) is 18.3 Å². The first kappa shape index (κ1) is 34.7. The number of ether oxygens (including phenoxy) is 2. The molecular weight excluding hydrogens is 685 g/mol. The summed E-state index contributed by atoms with van der Waals surface area (Å²) in [5, 5.41) is 9.20. The van der Waals surface area contributed by atoms with Crippen LogP contribution < -0.4 is 20.3 Å². The molecule has 16 heteroatoms. The molecule has 1 unspecified atom stereocenters. The van der Waals surface area contributed by atoms with Crippen molar-refractivity contribution in [1.82, 2.24) is 20.0 Å². The van der Waals surface area contributed by atoms with Crippen molar-refractivity contribution in [2.75, 3.05) is 43.1 Å². The predicted octanol–water partition coefficient (Wildman–Crippen LogP) is 3.19. The Bertz CT molecular complexity index is 2060. The molecule has 1 atom stereocenters. The second-order valence-electron chi connectivity index (χ2n) is 13.7. The van der Waals surface area contributed by atoms with Crippen molar-refractivity contribution in [3.63, 3.8) is 0 Å². The summed E-state index contributed by atoms with van der Waals surface area (Å²) in [6.07, 6.45) is -1.34. The Morgan fingerprint density at radius 2 is 1.81 bits per heavy atom. The molecule has 5 amide bonds. The molecule has 0 radical (unpaired) electrons. The SMILES string of the molecule is CC(C)(C(=O)Nc1ccc(C(F)(F)F)cc1OCC1COC1)n1cc(C#CC2CN(c3ccc4c(c3)C(=O)N(C3CCC(=O)NC3=O)C4=O)C2)cn1. The number of nitrogens with one attached hydrogen (secondary N) is 2. The molecule has 4 aliphatic rings. The van der Waals surface area contributed by atoms with Gasteiger partial charge in [0.05, 0.1) is 59.9 Å². The Labute approximate surface area is 295 Å². The topological polar surface area (TPSA) is 152 Å². The average Bonchev–Trinajstić information content (AvgIpc) is 3.63. The third-order valence-electron chi connectivity index (χ3n) is 9.54. The summed E-state index contributed by atoms with van der Waals surface area (Å²) in [7, 11) is 0. The van der Waals surface area contributed by atoms with Gasteiger partial charge in [0.25, 0.3) is 17.7 Å². The van der Waals surface area contributed by atoms with E-state index in [0.717, 1.165) is 22.7 Å². The van der Waals surface area contributed by atoms with Crippen LogP contribution in [0.15, 0.2) is 48.8 Å². The minimum atomic E-state index is -4.59. The molecule has 3 fully saturated rings. The fourth-order valence-corrected chi connectivity index (χ4v) is 6.20. The normalized spacial score (nSPS) is 19.4. The number of hydrogen-bond donors (Lipinski definition) is 2. The van der Waals surface area contributed by atoms with Crippen LogP contribution in [0, 0.1) is 23.7 Å². The van der Waals surface area contributed by atoms with E-state index in [0.29, 0.717) is 31.9 Å². The summed E-state index contributed by atoms with van der Waals surface area (Å²) < 4.78 is 52.4. The molecule has 4 aliphatic heterocycles. The number of hydrogen-bond acceptors (Lipinski definition) is 9. The van der Waals surface area contributed by atoms with Crippen molar-refractivity contribution in [1.29, 1.82) is 0 Å². The molecule has 1 aromatic heterocycles. The highest BCUT2D eigenvalue weighted by Gasteiger charge is 2.45. The van der Waals surface area contributed by atoms with E-state index in [2.05, 4.69) is 27.6 Å². The van der Waals surface area contributed by atoms with Gasteiger partial charge in [0, 0.05) is 37.3 Å². The standard InChI is InChI=1S/C36H33F3N6O7/c1-35(2,34(50)41-27-8-5-23(36(37,38)39)11-29(27)52-19-22-17-51-18-22)44-16-20(13-40-44)3-4-21-14-43(15-21)24-6-7-25-26(12-24)33(49)45(32(25)48)28-9-10-30(46)42-31(28)47/h5-8,11-13,16,21-22,28H,9-10,14-15,17-19H2,1-2H3,(H,41,50)(H,42,46,47). The van der Waals surface area contributed by atoms with Gasteiger partial charge in [-0.15, -0.1) is 0 Å². The molecule has 270 valence electrons. The lowest BCUT2D eigenvalue weighted by molar-refractivity contribution is -0.138. The number of rotatable bonds is 8. The molecule has 5 heterocycles. The van der Waals surface area contributed by atoms with E-state index in [-0.39, 0.29) is 53.8 Å². The van der Waals surface area contributed by atoms with Gasteiger partial charge >= 0.3 is 6.18 Å². The quantitative estimate of drug-likeness (QED) is 0.264. The first-order valence-corrected chi connectivity index (χ1v) is 16.6. The highest BCUT2D eigenvalue weighted by Crippen LogP contribution is 2.37. The van der Waals surface area contributed by atoms with Crippen LogP contribution in [0.1, 0.15) is 58.5 Å². The number of piperidine rings is 1. The molecule has 3 saturated heterocycles. The Hall–Kier alpha value is -5.69. The third-order valence-corrected chi connectivity index (χ3v) is 9.54. The van der Waals surface area contributed by atoms with Gasteiger partial charge in [0.1, 0.15) is 17.3 Å². The van der Waals surface area contributed by atoms with E-state index in [1.165, 1.54) is 16.9 Å². The van der Waals surface area contributed by atoms with Crippen molar-refractivity contribution in [3.8, 4) is 17.6 Å². The molecule has 13 nitrogen and oxygen atoms in total. The smallest absolute Gasteiger partial charge is 0.416 e. The van der Waals surface area contributed by atoms with E-state index in [9.17, 15) is 37.1 Å². The number of carbonyl (C=O) groups is 5. The molecule has 52 heavy (non-hydrogen) atoms. The van der Waals surface area contributed by atoms with Gasteiger partial charge in [-0.3, -0.25) is 38.9 Å². The molecule has 3 aromatic rings. The molecule has 0 saturated carbocycles. The van der Waals surface area contributed by atoms with Crippen molar-refractivity contribution in [2.45, 2.75) is 44.4 Å². The lowest BCUT2D eigenvalue weighted by Gasteiger charge is -2.38. The van der Waals surface area contributed by atoms with Crippen molar-refractivity contribution in [3.05, 3.63) is 71.0 Å². The third kappa shape index (κ3) is 6.59. The second-order valence-corrected chi connectivity index (χ2v) is 13.7. The van der Waals surface area contributed by atoms with Crippen LogP contribution in [0.2, 0.25) is 0 Å². The largest absolute Gasteiger partial charge is 0.491 e. The number of benzene rings is 2. The highest BCUT2D eigenvalue weighted by atomic mass is 19.4. The highest BCUT2D eigenvalue weighted by molar-refractivity contribution is 6.23. The summed E-state index contributed by atoms with van der Waals surface area (Å²) >= 11 is 0. The lowest BCUT2D eigenvalue weighted by atomic mass is 9.98. The lowest BCUT2D eigenvalue weighted by Crippen LogP contribution is -2.54. The number of nitrogens with zero attached hydrogens (tertiary/aromatic N) is 4. The van der Waals surface area contributed by atoms with Gasteiger partial charge in [-0.25, -0.2) is 0 Å². The van der Waals surface area contributed by atoms with E-state index in [4.69, 9.17) is 9.47 Å².